The van der Waals surface area contributed by atoms with Crippen LogP contribution in [-0.2, 0) is 19.1 Å². The molecule has 9 nitrogen and oxygen atoms in total. The van der Waals surface area contributed by atoms with Crippen molar-refractivity contribution < 1.29 is 19.1 Å². The molecule has 2 heterocycles. The van der Waals surface area contributed by atoms with Crippen LogP contribution >= 0.6 is 0 Å². The molecule has 2 atom stereocenters. The van der Waals surface area contributed by atoms with Gasteiger partial charge in [-0.2, -0.15) is 0 Å². The van der Waals surface area contributed by atoms with Crippen molar-refractivity contribution in [2.24, 2.45) is 16.3 Å². The Morgan fingerprint density at radius 2 is 1.87 bits per heavy atom. The van der Waals surface area contributed by atoms with E-state index in [4.69, 9.17) is 0 Å². The zero-order valence-corrected chi connectivity index (χ0v) is 12.3. The molecule has 1 fully saturated rings. The van der Waals surface area contributed by atoms with Crippen molar-refractivity contribution in [1.82, 2.24) is 5.12 Å². The van der Waals surface area contributed by atoms with Crippen LogP contribution in [0.2, 0.25) is 0 Å². The van der Waals surface area contributed by atoms with Gasteiger partial charge in [0.15, 0.2) is 11.8 Å². The molecule has 3 rings (SSSR count). The number of nitroso groups, excluding NO2 is 1. The van der Waals surface area contributed by atoms with E-state index in [1.807, 2.05) is 6.92 Å². The summed E-state index contributed by atoms with van der Waals surface area (Å²) in [7, 11) is 1.12. The maximum Gasteiger partial charge on any atom is 0.355 e. The van der Waals surface area contributed by atoms with Gasteiger partial charge in [0, 0.05) is 0 Å². The van der Waals surface area contributed by atoms with E-state index in [2.05, 4.69) is 15.1 Å². The number of aryl methyl sites for hydroxylation is 1. The quantitative estimate of drug-likeness (QED) is 0.453. The smallest absolute Gasteiger partial charge is 0.355 e. The number of amides is 2. The van der Waals surface area contributed by atoms with Gasteiger partial charge in [0.25, 0.3) is 5.91 Å². The lowest BCUT2D eigenvalue weighted by Crippen LogP contribution is -2.36. The third-order valence-electron chi connectivity index (χ3n) is 3.80. The number of fused-ring (bicyclic) bond motifs is 1. The molecule has 118 valence electrons. The maximum atomic E-state index is 12.6. The molecule has 0 spiro atoms. The molecule has 1 aromatic rings. The van der Waals surface area contributed by atoms with Gasteiger partial charge >= 0.3 is 5.97 Å². The normalized spacial score (nSPS) is 23.0. The fourth-order valence-corrected chi connectivity index (χ4v) is 2.68. The number of hydrazone groups is 1. The maximum absolute atomic E-state index is 12.6. The van der Waals surface area contributed by atoms with E-state index < -0.39 is 29.7 Å². The molecule has 2 amide bonds. The van der Waals surface area contributed by atoms with Crippen LogP contribution in [0.15, 0.2) is 34.7 Å². The lowest BCUT2D eigenvalue weighted by molar-refractivity contribution is -0.133. The van der Waals surface area contributed by atoms with Gasteiger partial charge in [-0.25, -0.2) is 9.69 Å². The van der Waals surface area contributed by atoms with Gasteiger partial charge in [-0.3, -0.25) is 9.59 Å². The molecule has 0 bridgehead atoms. The van der Waals surface area contributed by atoms with E-state index in [9.17, 15) is 19.3 Å². The number of benzene rings is 1. The highest BCUT2D eigenvalue weighted by Crippen LogP contribution is 2.35. The van der Waals surface area contributed by atoms with E-state index in [0.717, 1.165) is 17.6 Å². The van der Waals surface area contributed by atoms with Gasteiger partial charge in [-0.05, 0) is 19.1 Å². The van der Waals surface area contributed by atoms with Crippen molar-refractivity contribution in [1.29, 1.82) is 0 Å². The van der Waals surface area contributed by atoms with E-state index in [0.29, 0.717) is 10.8 Å². The van der Waals surface area contributed by atoms with Crippen molar-refractivity contribution in [2.45, 2.75) is 13.0 Å². The zero-order valence-electron chi connectivity index (χ0n) is 12.3. The van der Waals surface area contributed by atoms with Gasteiger partial charge in [0.1, 0.15) is 5.92 Å². The minimum absolute atomic E-state index is 0.301. The Bertz CT molecular complexity index is 742. The number of carbonyl (C=O) groups is 3. The minimum Gasteiger partial charge on any atom is -0.464 e. The lowest BCUT2D eigenvalue weighted by Gasteiger charge is -2.16. The highest BCUT2D eigenvalue weighted by atomic mass is 16.5. The summed E-state index contributed by atoms with van der Waals surface area (Å²) < 4.78 is 4.55. The first-order valence-electron chi connectivity index (χ1n) is 6.73. The molecule has 23 heavy (non-hydrogen) atoms. The Morgan fingerprint density at radius 1 is 1.22 bits per heavy atom. The van der Waals surface area contributed by atoms with E-state index in [1.165, 1.54) is 0 Å². The summed E-state index contributed by atoms with van der Waals surface area (Å²) in [5.41, 5.74) is 1.01. The minimum atomic E-state index is -1.25. The van der Waals surface area contributed by atoms with Crippen LogP contribution in [0.4, 0.5) is 5.69 Å². The first kappa shape index (κ1) is 14.8. The van der Waals surface area contributed by atoms with Crippen molar-refractivity contribution in [3.8, 4) is 0 Å². The molecule has 9 heteroatoms. The van der Waals surface area contributed by atoms with Crippen LogP contribution in [-0.4, -0.2) is 41.8 Å². The van der Waals surface area contributed by atoms with Crippen molar-refractivity contribution in [3.63, 3.8) is 0 Å². The van der Waals surface area contributed by atoms with Gasteiger partial charge in [0.05, 0.1) is 18.1 Å². The summed E-state index contributed by atoms with van der Waals surface area (Å²) in [5, 5.41) is 6.79. The van der Waals surface area contributed by atoms with Crippen molar-refractivity contribution in [2.75, 3.05) is 12.0 Å². The molecule has 0 aliphatic carbocycles. The van der Waals surface area contributed by atoms with Crippen LogP contribution in [0.25, 0.3) is 0 Å². The number of esters is 1. The van der Waals surface area contributed by atoms with Gasteiger partial charge in [-0.1, -0.05) is 17.7 Å². The second kappa shape index (κ2) is 5.27. The second-order valence-electron chi connectivity index (χ2n) is 5.15. The van der Waals surface area contributed by atoms with E-state index in [-0.39, 0.29) is 5.71 Å². The molecular formula is C14H12N4O5. The Labute approximate surface area is 130 Å². The number of hydrogen-bond donors (Lipinski definition) is 0. The first-order chi connectivity index (χ1) is 11.0. The zero-order chi connectivity index (χ0) is 16.7. The number of nitrogens with zero attached hydrogens (tertiary/aromatic N) is 4. The fourth-order valence-electron chi connectivity index (χ4n) is 2.68. The highest BCUT2D eigenvalue weighted by Gasteiger charge is 2.59. The van der Waals surface area contributed by atoms with Crippen LogP contribution in [0.5, 0.6) is 0 Å². The summed E-state index contributed by atoms with van der Waals surface area (Å²) in [6.45, 7) is 1.87. The molecule has 0 radical (unpaired) electrons. The number of methoxy groups -OCH3 is 1. The van der Waals surface area contributed by atoms with Crippen LogP contribution in [0, 0.1) is 17.7 Å². The number of anilines is 1. The molecule has 2 aliphatic rings. The number of rotatable bonds is 3. The topological polar surface area (TPSA) is 109 Å². The van der Waals surface area contributed by atoms with Crippen molar-refractivity contribution in [3.05, 3.63) is 34.7 Å². The average Bonchev–Trinajstić information content (AvgIpc) is 3.05. The van der Waals surface area contributed by atoms with Crippen molar-refractivity contribution >= 4 is 29.2 Å². The Morgan fingerprint density at radius 3 is 2.43 bits per heavy atom. The summed E-state index contributed by atoms with van der Waals surface area (Å²) in [6.07, 6.45) is 0. The fraction of sp³-hybridized carbons (Fsp3) is 0.286. The molecule has 2 aliphatic heterocycles. The standard InChI is InChI=1S/C14H12N4O5/c1-7-3-5-8(6-4-7)17-12(19)9-10(14(21)23-2)15-18(16-22)11(9)13(17)20/h3-6,9,11H,1-2H3. The Kier molecular flexibility index (Phi) is 3.40. The Balaban J connectivity index is 2.03. The summed E-state index contributed by atoms with van der Waals surface area (Å²) in [6, 6.07) is 5.46. The van der Waals surface area contributed by atoms with Crippen LogP contribution < -0.4 is 4.90 Å². The molecule has 1 saturated heterocycles. The average molecular weight is 316 g/mol. The van der Waals surface area contributed by atoms with Gasteiger partial charge in [0.2, 0.25) is 5.91 Å². The molecule has 2 unspecified atom stereocenters. The molecule has 0 saturated carbocycles. The van der Waals surface area contributed by atoms with E-state index >= 15 is 0 Å². The van der Waals surface area contributed by atoms with E-state index in [1.54, 1.807) is 24.3 Å². The predicted molar refractivity (Wildman–Crippen MR) is 78.0 cm³/mol. The van der Waals surface area contributed by atoms with Crippen LogP contribution in [0.3, 0.4) is 0 Å². The number of ether oxygens (including phenoxy) is 1. The largest absolute Gasteiger partial charge is 0.464 e. The molecular weight excluding hydrogens is 304 g/mol. The lowest BCUT2D eigenvalue weighted by atomic mass is 9.98. The number of carbonyl (C=O) groups excluding carboxylic acids is 3. The molecule has 0 N–H and O–H groups in total. The van der Waals surface area contributed by atoms with Crippen LogP contribution in [0.1, 0.15) is 5.56 Å². The van der Waals surface area contributed by atoms with Gasteiger partial charge in [-0.15, -0.1) is 15.1 Å². The number of hydrogen-bond acceptors (Lipinski definition) is 7. The Hall–Kier alpha value is -3.10. The third-order valence-corrected chi connectivity index (χ3v) is 3.80. The highest BCUT2D eigenvalue weighted by molar-refractivity contribution is 6.46. The summed E-state index contributed by atoms with van der Waals surface area (Å²) in [5.74, 6) is -3.38. The monoisotopic (exact) mass is 316 g/mol. The molecule has 1 aromatic carbocycles. The SMILES string of the molecule is COC(=O)C1=NN(N=O)C2C(=O)N(c3ccc(C)cc3)C(=O)C12. The molecule has 0 aromatic heterocycles. The van der Waals surface area contributed by atoms with Gasteiger partial charge < -0.3 is 4.74 Å². The third kappa shape index (κ3) is 2.08. The number of imide groups is 1. The predicted octanol–water partition coefficient (Wildman–Crippen LogP) is 0.379. The first-order valence-corrected chi connectivity index (χ1v) is 6.73. The summed E-state index contributed by atoms with van der Waals surface area (Å²) in [4.78, 5) is 48.7. The summed E-state index contributed by atoms with van der Waals surface area (Å²) >= 11 is 0. The second-order valence-corrected chi connectivity index (χ2v) is 5.15.